The van der Waals surface area contributed by atoms with E-state index in [1.165, 1.54) is 26.4 Å². The van der Waals surface area contributed by atoms with E-state index in [0.717, 1.165) is 16.7 Å². The molecule has 0 fully saturated rings. The van der Waals surface area contributed by atoms with Gasteiger partial charge < -0.3 is 24.8 Å². The van der Waals surface area contributed by atoms with Gasteiger partial charge in [0, 0.05) is 11.8 Å². The number of hydrogen-bond acceptors (Lipinski definition) is 7. The van der Waals surface area contributed by atoms with Crippen molar-refractivity contribution >= 4 is 17.7 Å². The van der Waals surface area contributed by atoms with E-state index < -0.39 is 23.0 Å². The minimum atomic E-state index is -0.975. The molecule has 0 bridgehead atoms. The third kappa shape index (κ3) is 4.95. The summed E-state index contributed by atoms with van der Waals surface area (Å²) in [6.07, 6.45) is 0.352. The molecule has 0 aliphatic carbocycles. The topological polar surface area (TPSA) is 129 Å². The SMILES string of the molecule is CCC1=C(C(=O)OC)C(c2cc(OC)c(OCc3cc(C)ccc3C)c([N+](=O)[O-])c2)NC(=O)N1. The predicted octanol–water partition coefficient (Wildman–Crippen LogP) is 3.99. The molecule has 2 N–H and O–H groups in total. The van der Waals surface area contributed by atoms with Crippen LogP contribution in [-0.4, -0.2) is 31.1 Å². The number of allylic oxidation sites excluding steroid dienone is 1. The summed E-state index contributed by atoms with van der Waals surface area (Å²) in [5.74, 6) is -0.604. The number of rotatable bonds is 8. The molecule has 0 saturated heterocycles. The average Bonchev–Trinajstić information content (AvgIpc) is 2.82. The van der Waals surface area contributed by atoms with Crippen molar-refractivity contribution in [3.05, 3.63) is 74.0 Å². The highest BCUT2D eigenvalue weighted by atomic mass is 16.6. The van der Waals surface area contributed by atoms with Gasteiger partial charge in [-0.2, -0.15) is 0 Å². The van der Waals surface area contributed by atoms with Crippen LogP contribution in [0.4, 0.5) is 10.5 Å². The minimum Gasteiger partial charge on any atom is -0.493 e. The van der Waals surface area contributed by atoms with Gasteiger partial charge in [-0.1, -0.05) is 30.7 Å². The molecule has 180 valence electrons. The van der Waals surface area contributed by atoms with E-state index >= 15 is 0 Å². The van der Waals surface area contributed by atoms with E-state index in [2.05, 4.69) is 10.6 Å². The molecule has 3 rings (SSSR count). The monoisotopic (exact) mass is 469 g/mol. The first-order valence-electron chi connectivity index (χ1n) is 10.6. The molecule has 10 nitrogen and oxygen atoms in total. The van der Waals surface area contributed by atoms with Crippen LogP contribution in [0.3, 0.4) is 0 Å². The third-order valence-corrected chi connectivity index (χ3v) is 5.60. The van der Waals surface area contributed by atoms with Crippen molar-refractivity contribution in [2.75, 3.05) is 14.2 Å². The summed E-state index contributed by atoms with van der Waals surface area (Å²) < 4.78 is 16.2. The van der Waals surface area contributed by atoms with Crippen LogP contribution in [0, 0.1) is 24.0 Å². The molecule has 1 unspecified atom stereocenters. The fourth-order valence-corrected chi connectivity index (χ4v) is 3.81. The summed E-state index contributed by atoms with van der Waals surface area (Å²) in [4.78, 5) is 36.2. The smallest absolute Gasteiger partial charge is 0.337 e. The Morgan fingerprint density at radius 2 is 1.91 bits per heavy atom. The normalized spacial score (nSPS) is 15.3. The number of urea groups is 1. The minimum absolute atomic E-state index is 0.0447. The van der Waals surface area contributed by atoms with Gasteiger partial charge in [-0.15, -0.1) is 0 Å². The van der Waals surface area contributed by atoms with Crippen molar-refractivity contribution in [2.24, 2.45) is 0 Å². The second kappa shape index (κ2) is 10.2. The van der Waals surface area contributed by atoms with E-state index in [-0.39, 0.29) is 34.9 Å². The maximum Gasteiger partial charge on any atom is 0.337 e. The van der Waals surface area contributed by atoms with E-state index in [9.17, 15) is 19.7 Å². The average molecular weight is 469 g/mol. The Hall–Kier alpha value is -4.08. The molecule has 2 amide bonds. The number of amides is 2. The molecule has 1 aliphatic rings. The van der Waals surface area contributed by atoms with Gasteiger partial charge in [0.25, 0.3) is 0 Å². The lowest BCUT2D eigenvalue weighted by Crippen LogP contribution is -2.45. The van der Waals surface area contributed by atoms with Crippen molar-refractivity contribution in [1.29, 1.82) is 0 Å². The van der Waals surface area contributed by atoms with Crippen molar-refractivity contribution in [3.63, 3.8) is 0 Å². The highest BCUT2D eigenvalue weighted by Crippen LogP contribution is 2.42. The second-order valence-electron chi connectivity index (χ2n) is 7.82. The quantitative estimate of drug-likeness (QED) is 0.340. The summed E-state index contributed by atoms with van der Waals surface area (Å²) >= 11 is 0. The number of aryl methyl sites for hydroxylation is 2. The molecule has 1 atom stereocenters. The molecular formula is C24H27N3O7. The fourth-order valence-electron chi connectivity index (χ4n) is 3.81. The number of nitrogens with one attached hydrogen (secondary N) is 2. The van der Waals surface area contributed by atoms with Gasteiger partial charge in [-0.3, -0.25) is 10.1 Å². The predicted molar refractivity (Wildman–Crippen MR) is 124 cm³/mol. The zero-order chi connectivity index (χ0) is 25.0. The van der Waals surface area contributed by atoms with Gasteiger partial charge in [-0.25, -0.2) is 9.59 Å². The summed E-state index contributed by atoms with van der Waals surface area (Å²) in [7, 11) is 2.59. The molecule has 2 aromatic rings. The van der Waals surface area contributed by atoms with Crippen LogP contribution in [-0.2, 0) is 16.1 Å². The first kappa shape index (κ1) is 24.6. The Morgan fingerprint density at radius 3 is 2.53 bits per heavy atom. The summed E-state index contributed by atoms with van der Waals surface area (Å²) in [5, 5.41) is 17.2. The van der Waals surface area contributed by atoms with Gasteiger partial charge in [-0.05, 0) is 43.0 Å². The Balaban J connectivity index is 2.09. The van der Waals surface area contributed by atoms with E-state index in [0.29, 0.717) is 12.1 Å². The van der Waals surface area contributed by atoms with Crippen molar-refractivity contribution in [2.45, 2.75) is 39.8 Å². The number of carbonyl (C=O) groups excluding carboxylic acids is 2. The third-order valence-electron chi connectivity index (χ3n) is 5.60. The second-order valence-corrected chi connectivity index (χ2v) is 7.82. The number of ether oxygens (including phenoxy) is 3. The van der Waals surface area contributed by atoms with Gasteiger partial charge in [0.15, 0.2) is 5.75 Å². The van der Waals surface area contributed by atoms with Gasteiger partial charge in [0.2, 0.25) is 5.75 Å². The van der Waals surface area contributed by atoms with Crippen LogP contribution >= 0.6 is 0 Å². The molecule has 1 heterocycles. The van der Waals surface area contributed by atoms with Crippen LogP contribution in [0.5, 0.6) is 11.5 Å². The highest BCUT2D eigenvalue weighted by molar-refractivity contribution is 5.95. The number of nitro groups is 1. The largest absolute Gasteiger partial charge is 0.493 e. The van der Waals surface area contributed by atoms with Crippen molar-refractivity contribution in [1.82, 2.24) is 10.6 Å². The first-order chi connectivity index (χ1) is 16.2. The molecule has 0 spiro atoms. The molecule has 10 heteroatoms. The Morgan fingerprint density at radius 1 is 1.18 bits per heavy atom. The zero-order valence-electron chi connectivity index (χ0n) is 19.7. The van der Waals surface area contributed by atoms with Crippen LogP contribution in [0.25, 0.3) is 0 Å². The number of carbonyl (C=O) groups is 2. The first-order valence-corrected chi connectivity index (χ1v) is 10.6. The number of methoxy groups -OCH3 is 2. The fraction of sp³-hybridized carbons (Fsp3) is 0.333. The van der Waals surface area contributed by atoms with Gasteiger partial charge in [0.1, 0.15) is 6.61 Å². The standard InChI is InChI=1S/C24H27N3O7/c1-6-17-20(23(28)33-5)21(26-24(29)25-17)15-10-18(27(30)31)22(19(11-15)32-4)34-12-16-9-13(2)7-8-14(16)3/h7-11,21H,6,12H2,1-5H3,(H2,25,26,29). The molecule has 1 aliphatic heterocycles. The molecule has 34 heavy (non-hydrogen) atoms. The maximum atomic E-state index is 12.5. The lowest BCUT2D eigenvalue weighted by atomic mass is 9.93. The molecule has 2 aromatic carbocycles. The zero-order valence-corrected chi connectivity index (χ0v) is 19.7. The molecule has 0 saturated carbocycles. The van der Waals surface area contributed by atoms with Gasteiger partial charge >= 0.3 is 17.7 Å². The Bertz CT molecular complexity index is 1170. The number of benzene rings is 2. The van der Waals surface area contributed by atoms with Crippen molar-refractivity contribution < 1.29 is 28.7 Å². The molecule has 0 aromatic heterocycles. The number of nitrogens with zero attached hydrogens (tertiary/aromatic N) is 1. The lowest BCUT2D eigenvalue weighted by molar-refractivity contribution is -0.386. The van der Waals surface area contributed by atoms with Crippen molar-refractivity contribution in [3.8, 4) is 11.5 Å². The highest BCUT2D eigenvalue weighted by Gasteiger charge is 2.35. The van der Waals surface area contributed by atoms with Crippen LogP contribution in [0.15, 0.2) is 41.6 Å². The molecule has 0 radical (unpaired) electrons. The summed E-state index contributed by atoms with van der Waals surface area (Å²) in [6, 6.07) is 7.15. The van der Waals surface area contributed by atoms with E-state index in [1.807, 2.05) is 32.0 Å². The van der Waals surface area contributed by atoms with Crippen LogP contribution in [0.2, 0.25) is 0 Å². The number of nitro benzene ring substituents is 1. The Labute approximate surface area is 197 Å². The number of esters is 1. The maximum absolute atomic E-state index is 12.5. The van der Waals surface area contributed by atoms with E-state index in [1.54, 1.807) is 6.92 Å². The molecular weight excluding hydrogens is 442 g/mol. The Kier molecular flexibility index (Phi) is 7.40. The summed E-state index contributed by atoms with van der Waals surface area (Å²) in [6.45, 7) is 5.75. The number of hydrogen-bond donors (Lipinski definition) is 2. The van der Waals surface area contributed by atoms with Crippen LogP contribution in [0.1, 0.15) is 41.6 Å². The van der Waals surface area contributed by atoms with Gasteiger partial charge in [0.05, 0.1) is 30.8 Å². The van der Waals surface area contributed by atoms with E-state index in [4.69, 9.17) is 14.2 Å². The van der Waals surface area contributed by atoms with Crippen LogP contribution < -0.4 is 20.1 Å². The lowest BCUT2D eigenvalue weighted by Gasteiger charge is -2.29. The summed E-state index contributed by atoms with van der Waals surface area (Å²) in [5.41, 5.74) is 3.37.